The Bertz CT molecular complexity index is 808. The summed E-state index contributed by atoms with van der Waals surface area (Å²) in [7, 11) is 0. The van der Waals surface area contributed by atoms with Crippen molar-refractivity contribution in [1.29, 1.82) is 0 Å². The summed E-state index contributed by atoms with van der Waals surface area (Å²) in [6.07, 6.45) is 5.66. The average molecular weight is 300 g/mol. The van der Waals surface area contributed by atoms with Crippen molar-refractivity contribution >= 4 is 11.7 Å². The Morgan fingerprint density at radius 3 is 2.00 bits per heavy atom. The van der Waals surface area contributed by atoms with Crippen molar-refractivity contribution in [2.45, 2.75) is 12.5 Å². The highest BCUT2D eigenvalue weighted by Crippen LogP contribution is 2.41. The van der Waals surface area contributed by atoms with E-state index in [-0.39, 0.29) is 5.91 Å². The summed E-state index contributed by atoms with van der Waals surface area (Å²) < 4.78 is 0. The summed E-state index contributed by atoms with van der Waals surface area (Å²) in [5.74, 6) is 0.693. The molecule has 0 atom stereocenters. The third-order valence-corrected chi connectivity index (χ3v) is 4.35. The Labute approximate surface area is 135 Å². The van der Waals surface area contributed by atoms with E-state index in [1.165, 1.54) is 0 Å². The maximum absolute atomic E-state index is 13.3. The number of amidine groups is 1. The van der Waals surface area contributed by atoms with Crippen molar-refractivity contribution in [3.63, 3.8) is 0 Å². The number of fused-ring (bicyclic) bond motifs is 1. The summed E-state index contributed by atoms with van der Waals surface area (Å²) in [5, 5.41) is 0. The highest BCUT2D eigenvalue weighted by atomic mass is 16.2. The zero-order chi connectivity index (χ0) is 15.9. The quantitative estimate of drug-likeness (QED) is 0.833. The lowest BCUT2D eigenvalue weighted by atomic mass is 9.83. The van der Waals surface area contributed by atoms with Gasteiger partial charge in [-0.3, -0.25) is 9.69 Å². The molecule has 0 radical (unpaired) electrons. The Morgan fingerprint density at radius 2 is 1.48 bits per heavy atom. The Morgan fingerprint density at radius 1 is 0.913 bits per heavy atom. The second-order valence-corrected chi connectivity index (χ2v) is 5.74. The third kappa shape index (κ3) is 1.90. The van der Waals surface area contributed by atoms with Gasteiger partial charge in [0.25, 0.3) is 5.91 Å². The smallest absolute Gasteiger partial charge is 0.269 e. The molecular weight excluding hydrogens is 284 g/mol. The molecule has 3 nitrogen and oxygen atoms in total. The molecule has 4 rings (SSSR count). The number of hydrogen-bond donors (Lipinski definition) is 0. The van der Waals surface area contributed by atoms with Crippen molar-refractivity contribution in [2.75, 3.05) is 0 Å². The lowest BCUT2D eigenvalue weighted by Gasteiger charge is -2.26. The van der Waals surface area contributed by atoms with Gasteiger partial charge < -0.3 is 0 Å². The van der Waals surface area contributed by atoms with Crippen LogP contribution in [-0.4, -0.2) is 16.6 Å². The number of rotatable bonds is 2. The number of nitrogens with zero attached hydrogens (tertiary/aromatic N) is 2. The van der Waals surface area contributed by atoms with E-state index in [2.05, 4.69) is 0 Å². The molecule has 0 aliphatic carbocycles. The zero-order valence-electron chi connectivity index (χ0n) is 12.8. The normalized spacial score (nSPS) is 18.5. The second kappa shape index (κ2) is 5.06. The summed E-state index contributed by atoms with van der Waals surface area (Å²) in [6, 6.07) is 19.6. The van der Waals surface area contributed by atoms with Crippen LogP contribution in [0.2, 0.25) is 0 Å². The average Bonchev–Trinajstić information content (AvgIpc) is 2.92. The van der Waals surface area contributed by atoms with Crippen LogP contribution >= 0.6 is 0 Å². The van der Waals surface area contributed by atoms with Crippen LogP contribution in [0.1, 0.15) is 18.1 Å². The van der Waals surface area contributed by atoms with Crippen molar-refractivity contribution in [2.24, 2.45) is 4.99 Å². The van der Waals surface area contributed by atoms with Crippen LogP contribution in [0.5, 0.6) is 0 Å². The minimum Gasteiger partial charge on any atom is -0.270 e. The first-order valence-electron chi connectivity index (χ1n) is 7.63. The van der Waals surface area contributed by atoms with E-state index < -0.39 is 5.54 Å². The molecule has 0 saturated heterocycles. The van der Waals surface area contributed by atoms with Crippen LogP contribution in [0, 0.1) is 0 Å². The van der Waals surface area contributed by atoms with E-state index in [0.29, 0.717) is 0 Å². The molecule has 23 heavy (non-hydrogen) atoms. The molecule has 2 aliphatic rings. The largest absolute Gasteiger partial charge is 0.270 e. The second-order valence-electron chi connectivity index (χ2n) is 5.74. The molecule has 2 aromatic rings. The number of benzene rings is 2. The van der Waals surface area contributed by atoms with Crippen LogP contribution < -0.4 is 0 Å². The molecular formula is C20H16N2O. The fourth-order valence-corrected chi connectivity index (χ4v) is 3.20. The fraction of sp³-hybridized carbons (Fsp3) is 0.100. The summed E-state index contributed by atoms with van der Waals surface area (Å²) in [4.78, 5) is 19.9. The van der Waals surface area contributed by atoms with Gasteiger partial charge in [0.1, 0.15) is 5.84 Å². The van der Waals surface area contributed by atoms with E-state index in [1.54, 1.807) is 11.1 Å². The number of aliphatic imine (C=N–C) groups is 1. The first kappa shape index (κ1) is 13.7. The van der Waals surface area contributed by atoms with Gasteiger partial charge >= 0.3 is 0 Å². The molecule has 0 N–H and O–H groups in total. The number of carbonyl (C=O) groups excluding carboxylic acids is 1. The van der Waals surface area contributed by atoms with Crippen molar-refractivity contribution < 1.29 is 4.79 Å². The molecule has 0 fully saturated rings. The highest BCUT2D eigenvalue weighted by Gasteiger charge is 2.50. The lowest BCUT2D eigenvalue weighted by Crippen LogP contribution is -2.39. The maximum atomic E-state index is 13.3. The van der Waals surface area contributed by atoms with Gasteiger partial charge in [-0.1, -0.05) is 66.7 Å². The summed E-state index contributed by atoms with van der Waals surface area (Å²) in [5.41, 5.74) is 1.76. The molecule has 2 aliphatic heterocycles. The van der Waals surface area contributed by atoms with Gasteiger partial charge in [-0.25, -0.2) is 4.99 Å². The maximum Gasteiger partial charge on any atom is 0.269 e. The molecule has 0 saturated carbocycles. The van der Waals surface area contributed by atoms with Crippen LogP contribution in [0.25, 0.3) is 0 Å². The molecule has 2 aromatic carbocycles. The van der Waals surface area contributed by atoms with Crippen molar-refractivity contribution in [3.8, 4) is 0 Å². The lowest BCUT2D eigenvalue weighted by molar-refractivity contribution is -0.128. The van der Waals surface area contributed by atoms with E-state index >= 15 is 0 Å². The summed E-state index contributed by atoms with van der Waals surface area (Å²) >= 11 is 0. The Hall–Kier alpha value is -2.94. The molecule has 1 amide bonds. The number of carbonyl (C=O) groups is 1. The van der Waals surface area contributed by atoms with Gasteiger partial charge in [-0.15, -0.1) is 0 Å². The first-order valence-corrected chi connectivity index (χ1v) is 7.63. The molecule has 0 bridgehead atoms. The predicted molar refractivity (Wildman–Crippen MR) is 90.8 cm³/mol. The highest BCUT2D eigenvalue weighted by molar-refractivity contribution is 6.17. The number of hydrogen-bond acceptors (Lipinski definition) is 2. The monoisotopic (exact) mass is 300 g/mol. The SMILES string of the molecule is CC1=CC=CN2C(=O)C(c3ccccc3)(c3ccccc3)N=C12. The van der Waals surface area contributed by atoms with E-state index in [1.807, 2.05) is 79.7 Å². The number of amides is 1. The molecule has 0 spiro atoms. The first-order chi connectivity index (χ1) is 11.2. The standard InChI is InChI=1S/C20H16N2O/c1-15-9-8-14-22-18(15)21-20(19(22)23,16-10-4-2-5-11-16)17-12-6-3-7-13-17/h2-14H,1H3. The van der Waals surface area contributed by atoms with Crippen LogP contribution in [0.15, 0.2) is 89.6 Å². The molecule has 0 unspecified atom stereocenters. The van der Waals surface area contributed by atoms with Gasteiger partial charge in [0.15, 0.2) is 5.54 Å². The van der Waals surface area contributed by atoms with E-state index in [4.69, 9.17) is 4.99 Å². The van der Waals surface area contributed by atoms with Crippen LogP contribution in [-0.2, 0) is 10.3 Å². The van der Waals surface area contributed by atoms with E-state index in [0.717, 1.165) is 22.5 Å². The molecule has 0 aromatic heterocycles. The van der Waals surface area contributed by atoms with Gasteiger partial charge in [0.2, 0.25) is 0 Å². The minimum atomic E-state index is -1.01. The van der Waals surface area contributed by atoms with Crippen LogP contribution in [0.4, 0.5) is 0 Å². The Balaban J connectivity index is 2.01. The van der Waals surface area contributed by atoms with E-state index in [9.17, 15) is 4.79 Å². The number of allylic oxidation sites excluding steroid dienone is 2. The fourth-order valence-electron chi connectivity index (χ4n) is 3.20. The molecule has 112 valence electrons. The van der Waals surface area contributed by atoms with Crippen molar-refractivity contribution in [1.82, 2.24) is 4.90 Å². The van der Waals surface area contributed by atoms with Gasteiger partial charge in [0.05, 0.1) is 0 Å². The van der Waals surface area contributed by atoms with Crippen molar-refractivity contribution in [3.05, 3.63) is 95.7 Å². The summed E-state index contributed by atoms with van der Waals surface area (Å²) in [6.45, 7) is 1.98. The van der Waals surface area contributed by atoms with Gasteiger partial charge in [-0.2, -0.15) is 0 Å². The Kier molecular flexibility index (Phi) is 3.01. The predicted octanol–water partition coefficient (Wildman–Crippen LogP) is 3.64. The molecule has 3 heteroatoms. The van der Waals surface area contributed by atoms with Crippen LogP contribution in [0.3, 0.4) is 0 Å². The molecule has 2 heterocycles. The minimum absolute atomic E-state index is 0.0337. The third-order valence-electron chi connectivity index (χ3n) is 4.35. The van der Waals surface area contributed by atoms with Gasteiger partial charge in [0, 0.05) is 6.20 Å². The zero-order valence-corrected chi connectivity index (χ0v) is 12.8. The topological polar surface area (TPSA) is 32.7 Å². The van der Waals surface area contributed by atoms with Gasteiger partial charge in [-0.05, 0) is 29.7 Å².